The van der Waals surface area contributed by atoms with Gasteiger partial charge in [-0.1, -0.05) is 36.4 Å². The molecule has 0 spiro atoms. The third-order valence-electron chi connectivity index (χ3n) is 5.07. The maximum absolute atomic E-state index is 5.67. The van der Waals surface area contributed by atoms with E-state index in [1.54, 1.807) is 0 Å². The number of rotatable bonds is 4. The SMILES string of the molecule is Ic1ccc(-c2nnc(-c3ccccc3)o2)cc1.Ic1ccc(-c2nnc(-c3ccccc3)o2)cc1. The number of nitrogens with zero attached hydrogens (tertiary/aromatic N) is 4. The molecule has 4 aromatic carbocycles. The zero-order valence-electron chi connectivity index (χ0n) is 18.8. The van der Waals surface area contributed by atoms with Crippen LogP contribution >= 0.6 is 45.2 Å². The van der Waals surface area contributed by atoms with E-state index in [9.17, 15) is 0 Å². The maximum Gasteiger partial charge on any atom is 0.248 e. The first-order chi connectivity index (χ1) is 17.7. The monoisotopic (exact) mass is 696 g/mol. The van der Waals surface area contributed by atoms with E-state index in [4.69, 9.17) is 8.83 Å². The zero-order valence-corrected chi connectivity index (χ0v) is 23.1. The maximum atomic E-state index is 5.67. The van der Waals surface area contributed by atoms with Gasteiger partial charge in [-0.05, 0) is 118 Å². The van der Waals surface area contributed by atoms with Crippen LogP contribution in [0, 0.1) is 7.14 Å². The average molecular weight is 696 g/mol. The summed E-state index contributed by atoms with van der Waals surface area (Å²) in [5.74, 6) is 2.18. The van der Waals surface area contributed by atoms with E-state index in [0.717, 1.165) is 22.3 Å². The minimum Gasteiger partial charge on any atom is -0.416 e. The summed E-state index contributed by atoms with van der Waals surface area (Å²) in [7, 11) is 0. The number of hydrogen-bond acceptors (Lipinski definition) is 6. The molecule has 8 heteroatoms. The second kappa shape index (κ2) is 11.6. The number of aromatic nitrogens is 4. The molecule has 0 atom stereocenters. The van der Waals surface area contributed by atoms with Crippen molar-refractivity contribution >= 4 is 45.2 Å². The van der Waals surface area contributed by atoms with Crippen LogP contribution in [0.15, 0.2) is 118 Å². The van der Waals surface area contributed by atoms with Crippen molar-refractivity contribution in [1.82, 2.24) is 20.4 Å². The quantitative estimate of drug-likeness (QED) is 0.174. The van der Waals surface area contributed by atoms with E-state index in [1.807, 2.05) is 109 Å². The van der Waals surface area contributed by atoms with Gasteiger partial charge in [-0.25, -0.2) is 0 Å². The van der Waals surface area contributed by atoms with Crippen LogP contribution in [0.3, 0.4) is 0 Å². The van der Waals surface area contributed by atoms with Crippen LogP contribution in [0.2, 0.25) is 0 Å². The molecule has 6 aromatic rings. The van der Waals surface area contributed by atoms with Crippen LogP contribution in [0.1, 0.15) is 0 Å². The van der Waals surface area contributed by atoms with Crippen molar-refractivity contribution < 1.29 is 8.83 Å². The Balaban J connectivity index is 0.000000148. The molecule has 2 heterocycles. The highest BCUT2D eigenvalue weighted by Crippen LogP contribution is 2.25. The van der Waals surface area contributed by atoms with Gasteiger partial charge in [0.25, 0.3) is 0 Å². The van der Waals surface area contributed by atoms with Gasteiger partial charge >= 0.3 is 0 Å². The Bertz CT molecular complexity index is 1410. The molecule has 0 unspecified atom stereocenters. The predicted octanol–water partition coefficient (Wildman–Crippen LogP) is 8.02. The minimum absolute atomic E-state index is 0.546. The highest BCUT2D eigenvalue weighted by atomic mass is 127. The average Bonchev–Trinajstić information content (AvgIpc) is 3.62. The summed E-state index contributed by atoms with van der Waals surface area (Å²) in [6, 6.07) is 35.5. The molecule has 0 aliphatic rings. The van der Waals surface area contributed by atoms with Crippen molar-refractivity contribution in [3.05, 3.63) is 116 Å². The van der Waals surface area contributed by atoms with Gasteiger partial charge in [-0.2, -0.15) is 0 Å². The second-order valence-electron chi connectivity index (χ2n) is 7.57. The van der Waals surface area contributed by atoms with Crippen molar-refractivity contribution in [2.45, 2.75) is 0 Å². The molecule has 0 saturated heterocycles. The van der Waals surface area contributed by atoms with Gasteiger partial charge in [-0.3, -0.25) is 0 Å². The van der Waals surface area contributed by atoms with Crippen molar-refractivity contribution in [2.24, 2.45) is 0 Å². The lowest BCUT2D eigenvalue weighted by Gasteiger charge is -1.95. The lowest BCUT2D eigenvalue weighted by atomic mass is 10.2. The molecule has 0 aliphatic heterocycles. The first kappa shape index (κ1) is 24.3. The summed E-state index contributed by atoms with van der Waals surface area (Å²) in [6.45, 7) is 0. The van der Waals surface area contributed by atoms with Crippen LogP contribution in [0.4, 0.5) is 0 Å². The second-order valence-corrected chi connectivity index (χ2v) is 10.1. The molecule has 0 fully saturated rings. The van der Waals surface area contributed by atoms with Gasteiger partial charge in [0.15, 0.2) is 0 Å². The fraction of sp³-hybridized carbons (Fsp3) is 0. The zero-order chi connectivity index (χ0) is 24.7. The third-order valence-corrected chi connectivity index (χ3v) is 6.51. The number of hydrogen-bond donors (Lipinski definition) is 0. The summed E-state index contributed by atoms with van der Waals surface area (Å²) in [5, 5.41) is 16.3. The smallest absolute Gasteiger partial charge is 0.248 e. The van der Waals surface area contributed by atoms with Gasteiger partial charge in [0.1, 0.15) is 0 Å². The number of halogens is 2. The fourth-order valence-corrected chi connectivity index (χ4v) is 3.98. The lowest BCUT2D eigenvalue weighted by Crippen LogP contribution is -1.77. The third kappa shape index (κ3) is 6.05. The largest absolute Gasteiger partial charge is 0.416 e. The fourth-order valence-electron chi connectivity index (χ4n) is 3.26. The van der Waals surface area contributed by atoms with Crippen LogP contribution in [0.25, 0.3) is 45.8 Å². The van der Waals surface area contributed by atoms with E-state index in [2.05, 4.69) is 65.6 Å². The molecule has 176 valence electrons. The van der Waals surface area contributed by atoms with Crippen molar-refractivity contribution in [1.29, 1.82) is 0 Å². The summed E-state index contributed by atoms with van der Waals surface area (Å²) < 4.78 is 13.7. The molecule has 0 aliphatic carbocycles. The number of benzene rings is 4. The molecule has 2 aromatic heterocycles. The van der Waals surface area contributed by atoms with Crippen LogP contribution in [-0.2, 0) is 0 Å². The molecule has 0 bridgehead atoms. The highest BCUT2D eigenvalue weighted by Gasteiger charge is 2.10. The first-order valence-corrected chi connectivity index (χ1v) is 13.1. The van der Waals surface area contributed by atoms with Gasteiger partial charge < -0.3 is 8.83 Å². The van der Waals surface area contributed by atoms with E-state index < -0.39 is 0 Å². The molecular weight excluding hydrogens is 678 g/mol. The van der Waals surface area contributed by atoms with Gasteiger partial charge in [0.05, 0.1) is 0 Å². The molecule has 0 saturated carbocycles. The normalized spacial score (nSPS) is 10.5. The predicted molar refractivity (Wildman–Crippen MR) is 156 cm³/mol. The minimum atomic E-state index is 0.546. The van der Waals surface area contributed by atoms with Crippen LogP contribution in [-0.4, -0.2) is 20.4 Å². The van der Waals surface area contributed by atoms with Crippen LogP contribution < -0.4 is 0 Å². The topological polar surface area (TPSA) is 77.8 Å². The van der Waals surface area contributed by atoms with Gasteiger partial charge in [0, 0.05) is 29.4 Å². The Morgan fingerprint density at radius 2 is 0.639 bits per heavy atom. The summed E-state index contributed by atoms with van der Waals surface area (Å²) in [6.07, 6.45) is 0. The van der Waals surface area contributed by atoms with Crippen LogP contribution in [0.5, 0.6) is 0 Å². The molecule has 36 heavy (non-hydrogen) atoms. The van der Waals surface area contributed by atoms with Gasteiger partial charge in [0.2, 0.25) is 23.6 Å². The summed E-state index contributed by atoms with van der Waals surface area (Å²) in [5.41, 5.74) is 3.73. The summed E-state index contributed by atoms with van der Waals surface area (Å²) >= 11 is 4.53. The molecule has 0 N–H and O–H groups in total. The van der Waals surface area contributed by atoms with E-state index in [-0.39, 0.29) is 0 Å². The summed E-state index contributed by atoms with van der Waals surface area (Å²) in [4.78, 5) is 0. The Hall–Kier alpha value is -3.38. The highest BCUT2D eigenvalue weighted by molar-refractivity contribution is 14.1. The van der Waals surface area contributed by atoms with E-state index in [0.29, 0.717) is 23.6 Å². The molecule has 6 rings (SSSR count). The van der Waals surface area contributed by atoms with Crippen molar-refractivity contribution in [3.63, 3.8) is 0 Å². The lowest BCUT2D eigenvalue weighted by molar-refractivity contribution is 0.584. The molecular formula is C28H18I2N4O2. The van der Waals surface area contributed by atoms with Crippen molar-refractivity contribution in [2.75, 3.05) is 0 Å². The van der Waals surface area contributed by atoms with Crippen molar-refractivity contribution in [3.8, 4) is 45.8 Å². The van der Waals surface area contributed by atoms with E-state index in [1.165, 1.54) is 7.14 Å². The first-order valence-electron chi connectivity index (χ1n) is 11.0. The standard InChI is InChI=1S/2C14H9IN2O/c2*15-12-8-6-11(7-9-12)14-17-16-13(18-14)10-4-2-1-3-5-10/h2*1-9H. The molecule has 0 radical (unpaired) electrons. The molecule has 6 nitrogen and oxygen atoms in total. The Morgan fingerprint density at radius 1 is 0.361 bits per heavy atom. The Morgan fingerprint density at radius 3 is 0.944 bits per heavy atom. The Labute approximate surface area is 235 Å². The molecule has 0 amide bonds. The van der Waals surface area contributed by atoms with E-state index >= 15 is 0 Å². The Kier molecular flexibility index (Phi) is 7.82. The van der Waals surface area contributed by atoms with Gasteiger partial charge in [-0.15, -0.1) is 20.4 Å².